The maximum atomic E-state index is 13.6. The molecule has 0 saturated carbocycles. The summed E-state index contributed by atoms with van der Waals surface area (Å²) in [4.78, 5) is 20.2. The summed E-state index contributed by atoms with van der Waals surface area (Å²) in [6.45, 7) is 2.26. The molecule has 9 heteroatoms. The number of amides is 1. The van der Waals surface area contributed by atoms with Gasteiger partial charge in [0.1, 0.15) is 10.8 Å². The molecule has 40 heavy (non-hydrogen) atoms. The number of carbonyl (C=O) groups is 1. The lowest BCUT2D eigenvalue weighted by Crippen LogP contribution is -2.32. The number of hydrogen-bond acceptors (Lipinski definition) is 4. The van der Waals surface area contributed by atoms with Crippen LogP contribution < -0.4 is 15.8 Å². The minimum Gasteiger partial charge on any atom is -0.383 e. The minimum atomic E-state index is -3.88. The molecule has 0 saturated heterocycles. The fourth-order valence-corrected chi connectivity index (χ4v) is 5.11. The summed E-state index contributed by atoms with van der Waals surface area (Å²) in [5.74, 6) is 0.249. The number of nitrogens with zero attached hydrogens (tertiary/aromatic N) is 2. The molecule has 4 aromatic carbocycles. The predicted octanol–water partition coefficient (Wildman–Crippen LogP) is 5.22. The van der Waals surface area contributed by atoms with E-state index in [1.165, 1.54) is 6.07 Å². The van der Waals surface area contributed by atoms with Gasteiger partial charge in [0, 0.05) is 16.8 Å². The second-order valence-electron chi connectivity index (χ2n) is 9.18. The Hall–Kier alpha value is -4.18. The van der Waals surface area contributed by atoms with E-state index in [4.69, 9.17) is 23.1 Å². The molecule has 7 nitrogen and oxygen atoms in total. The van der Waals surface area contributed by atoms with E-state index in [9.17, 15) is 13.2 Å². The van der Waals surface area contributed by atoms with Crippen molar-refractivity contribution in [2.45, 2.75) is 31.2 Å². The Kier molecular flexibility index (Phi) is 9.21. The fraction of sp³-hybridized carbons (Fsp3) is 0.129. The number of aliphatic imine (C=N–C) groups is 1. The standard InChI is InChI=1S/C31H30N4O3S2/c1-2-29(39)34-31(32)25-10-8-9-23(19-25)21-35(26-11-4-3-5-12-26)30(36)20-22-15-17-24(18-16-22)27-13-6-7-14-28(27)40(33,37)38/h3-19H,2,20-21H2,1H3,(H2,32,34,39)(H2,33,37,38). The second-order valence-corrected chi connectivity index (χ2v) is 11.2. The van der Waals surface area contributed by atoms with Crippen molar-refractivity contribution in [1.29, 1.82) is 0 Å². The maximum absolute atomic E-state index is 13.6. The highest BCUT2D eigenvalue weighted by molar-refractivity contribution is 7.89. The van der Waals surface area contributed by atoms with Crippen molar-refractivity contribution in [2.75, 3.05) is 4.90 Å². The number of carbonyl (C=O) groups excluding carboxylic acids is 1. The SMILES string of the molecule is CCC(=S)N=C(N)c1cccc(CN(C(=O)Cc2ccc(-c3ccccc3S(N)(=O)=O)cc2)c2ccccc2)c1. The topological polar surface area (TPSA) is 119 Å². The van der Waals surface area contributed by atoms with E-state index in [2.05, 4.69) is 4.99 Å². The van der Waals surface area contributed by atoms with Crippen molar-refractivity contribution in [3.8, 4) is 11.1 Å². The molecule has 4 rings (SSSR count). The highest BCUT2D eigenvalue weighted by atomic mass is 32.2. The van der Waals surface area contributed by atoms with Crippen LogP contribution in [0.2, 0.25) is 0 Å². The number of para-hydroxylation sites is 1. The van der Waals surface area contributed by atoms with Crippen LogP contribution in [0, 0.1) is 0 Å². The van der Waals surface area contributed by atoms with Gasteiger partial charge in [0.05, 0.1) is 17.9 Å². The van der Waals surface area contributed by atoms with Gasteiger partial charge in [-0.3, -0.25) is 4.79 Å². The molecule has 204 valence electrons. The van der Waals surface area contributed by atoms with Gasteiger partial charge in [-0.05, 0) is 47.4 Å². The zero-order valence-electron chi connectivity index (χ0n) is 22.0. The Morgan fingerprint density at radius 1 is 0.875 bits per heavy atom. The number of thiocarbonyl (C=S) groups is 1. The van der Waals surface area contributed by atoms with Crippen LogP contribution in [0.5, 0.6) is 0 Å². The number of primary sulfonamides is 1. The van der Waals surface area contributed by atoms with Crippen molar-refractivity contribution in [3.05, 3.63) is 120 Å². The van der Waals surface area contributed by atoms with Crippen LogP contribution in [-0.4, -0.2) is 25.1 Å². The number of amidine groups is 1. The first-order valence-electron chi connectivity index (χ1n) is 12.7. The summed E-state index contributed by atoms with van der Waals surface area (Å²) in [7, 11) is -3.88. The third kappa shape index (κ3) is 7.26. The van der Waals surface area contributed by atoms with E-state index in [0.717, 1.165) is 22.4 Å². The first-order chi connectivity index (χ1) is 19.2. The molecule has 0 unspecified atom stereocenters. The molecule has 0 spiro atoms. The number of anilines is 1. The zero-order chi connectivity index (χ0) is 28.7. The second kappa shape index (κ2) is 12.8. The average molecular weight is 571 g/mol. The predicted molar refractivity (Wildman–Crippen MR) is 165 cm³/mol. The van der Waals surface area contributed by atoms with Crippen LogP contribution in [-0.2, 0) is 27.8 Å². The number of rotatable bonds is 9. The van der Waals surface area contributed by atoms with Crippen molar-refractivity contribution in [3.63, 3.8) is 0 Å². The van der Waals surface area contributed by atoms with Crippen molar-refractivity contribution < 1.29 is 13.2 Å². The van der Waals surface area contributed by atoms with Gasteiger partial charge in [-0.1, -0.05) is 98.0 Å². The molecule has 0 radical (unpaired) electrons. The van der Waals surface area contributed by atoms with Gasteiger partial charge >= 0.3 is 0 Å². The van der Waals surface area contributed by atoms with Crippen LogP contribution in [0.25, 0.3) is 11.1 Å². The molecule has 0 fully saturated rings. The number of benzene rings is 4. The van der Waals surface area contributed by atoms with E-state index >= 15 is 0 Å². The van der Waals surface area contributed by atoms with Gasteiger partial charge in [0.15, 0.2) is 0 Å². The van der Waals surface area contributed by atoms with Gasteiger partial charge in [-0.25, -0.2) is 18.5 Å². The first-order valence-corrected chi connectivity index (χ1v) is 14.6. The third-order valence-corrected chi connectivity index (χ3v) is 7.64. The Labute approximate surface area is 240 Å². The summed E-state index contributed by atoms with van der Waals surface area (Å²) in [5, 5.41) is 5.40. The minimum absolute atomic E-state index is 0.0542. The van der Waals surface area contributed by atoms with E-state index in [0.29, 0.717) is 34.9 Å². The van der Waals surface area contributed by atoms with Crippen LogP contribution in [0.4, 0.5) is 5.69 Å². The van der Waals surface area contributed by atoms with E-state index in [-0.39, 0.29) is 17.2 Å². The Morgan fingerprint density at radius 3 is 2.23 bits per heavy atom. The smallest absolute Gasteiger partial charge is 0.238 e. The number of nitrogens with two attached hydrogens (primary N) is 2. The largest absolute Gasteiger partial charge is 0.383 e. The first kappa shape index (κ1) is 28.8. The van der Waals surface area contributed by atoms with E-state index in [1.54, 1.807) is 35.2 Å². The summed E-state index contributed by atoms with van der Waals surface area (Å²) in [5.41, 5.74) is 10.6. The molecule has 0 heterocycles. The lowest BCUT2D eigenvalue weighted by atomic mass is 10.0. The quantitative estimate of drug-likeness (QED) is 0.162. The number of hydrogen-bond donors (Lipinski definition) is 2. The highest BCUT2D eigenvalue weighted by Crippen LogP contribution is 2.27. The zero-order valence-corrected chi connectivity index (χ0v) is 23.7. The molecule has 1 amide bonds. The Balaban J connectivity index is 1.58. The average Bonchev–Trinajstić information content (AvgIpc) is 2.96. The lowest BCUT2D eigenvalue weighted by molar-refractivity contribution is -0.118. The summed E-state index contributed by atoms with van der Waals surface area (Å²) >= 11 is 5.20. The van der Waals surface area contributed by atoms with Crippen LogP contribution in [0.3, 0.4) is 0 Å². The molecule has 4 N–H and O–H groups in total. The number of sulfonamides is 1. The maximum Gasteiger partial charge on any atom is 0.238 e. The molecular weight excluding hydrogens is 541 g/mol. The molecular formula is C31H30N4O3S2. The Bertz CT molecular complexity index is 1650. The van der Waals surface area contributed by atoms with Gasteiger partial charge in [-0.15, -0.1) is 0 Å². The van der Waals surface area contributed by atoms with Gasteiger partial charge < -0.3 is 10.6 Å². The molecule has 0 aromatic heterocycles. The molecule has 0 bridgehead atoms. The normalized spacial score (nSPS) is 11.7. The van der Waals surface area contributed by atoms with Gasteiger partial charge in [-0.2, -0.15) is 0 Å². The van der Waals surface area contributed by atoms with Gasteiger partial charge in [0.25, 0.3) is 0 Å². The van der Waals surface area contributed by atoms with Gasteiger partial charge in [0.2, 0.25) is 15.9 Å². The van der Waals surface area contributed by atoms with Crippen molar-refractivity contribution in [2.24, 2.45) is 15.9 Å². The van der Waals surface area contributed by atoms with E-state index < -0.39 is 10.0 Å². The van der Waals surface area contributed by atoms with E-state index in [1.807, 2.05) is 73.7 Å². The van der Waals surface area contributed by atoms with Crippen LogP contribution in [0.15, 0.2) is 113 Å². The molecule has 4 aromatic rings. The molecule has 0 atom stereocenters. The molecule has 0 aliphatic heterocycles. The molecule has 0 aliphatic rings. The van der Waals surface area contributed by atoms with Crippen molar-refractivity contribution in [1.82, 2.24) is 0 Å². The summed E-state index contributed by atoms with van der Waals surface area (Å²) < 4.78 is 24.1. The van der Waals surface area contributed by atoms with Crippen molar-refractivity contribution >= 4 is 44.7 Å². The Morgan fingerprint density at radius 2 is 1.55 bits per heavy atom. The summed E-state index contributed by atoms with van der Waals surface area (Å²) in [6, 6.07) is 30.9. The van der Waals surface area contributed by atoms with Crippen LogP contribution in [0.1, 0.15) is 30.0 Å². The highest BCUT2D eigenvalue weighted by Gasteiger charge is 2.18. The third-order valence-electron chi connectivity index (χ3n) is 6.29. The molecule has 0 aliphatic carbocycles. The fourth-order valence-electron chi connectivity index (χ4n) is 4.25. The summed E-state index contributed by atoms with van der Waals surface area (Å²) in [6.07, 6.45) is 0.783. The van der Waals surface area contributed by atoms with Crippen LogP contribution >= 0.6 is 12.2 Å². The monoisotopic (exact) mass is 570 g/mol. The lowest BCUT2D eigenvalue weighted by Gasteiger charge is -2.23.